The number of aryl methyl sites for hydroxylation is 18. The second-order valence-corrected chi connectivity index (χ2v) is 26.3. The van der Waals surface area contributed by atoms with Crippen molar-refractivity contribution in [1.29, 1.82) is 0 Å². The topological polar surface area (TPSA) is 115 Å². The molecule has 10 heteroatoms. The molecule has 1 aliphatic heterocycles. The quantitative estimate of drug-likeness (QED) is 0.155. The molecule has 10 nitrogen and oxygen atoms in total. The Labute approximate surface area is 564 Å². The van der Waals surface area contributed by atoms with Gasteiger partial charge in [-0.05, 0) is 338 Å². The van der Waals surface area contributed by atoms with E-state index in [9.17, 15) is 0 Å². The molecular formula is C82H136N10. The molecule has 9 aromatic rings. The fraction of sp³-hybridized carbons (Fsp3) is 0.561. The lowest BCUT2D eigenvalue weighted by Crippen LogP contribution is -2.52. The van der Waals surface area contributed by atoms with Gasteiger partial charge < -0.3 is 14.9 Å². The molecule has 1 fully saturated rings. The number of nitrogens with zero attached hydrogens (tertiary/aromatic N) is 8. The van der Waals surface area contributed by atoms with Gasteiger partial charge in [0.15, 0.2) is 0 Å². The van der Waals surface area contributed by atoms with E-state index in [0.29, 0.717) is 12.1 Å². The van der Waals surface area contributed by atoms with Gasteiger partial charge in [-0.25, -0.2) is 15.0 Å². The summed E-state index contributed by atoms with van der Waals surface area (Å²) >= 11 is 0. The summed E-state index contributed by atoms with van der Waals surface area (Å²) in [6.07, 6.45) is 2.10. The Bertz CT molecular complexity index is 3690. The Morgan fingerprint density at radius 1 is 0.315 bits per heavy atom. The zero-order valence-electron chi connectivity index (χ0n) is 61.5. The highest BCUT2D eigenvalue weighted by atomic mass is 15.3. The van der Waals surface area contributed by atoms with Gasteiger partial charge in [0.2, 0.25) is 0 Å². The molecule has 0 spiro atoms. The van der Waals surface area contributed by atoms with E-state index in [1.807, 2.05) is 67.2 Å². The number of piperidine rings is 1. The van der Waals surface area contributed by atoms with Crippen LogP contribution in [0.25, 0.3) is 32.7 Å². The lowest BCUT2D eigenvalue weighted by molar-refractivity contribution is 0.127. The Hall–Kier alpha value is -6.52. The molecular weight excluding hydrogens is 1120 g/mol. The normalized spacial score (nSPS) is 15.2. The van der Waals surface area contributed by atoms with Crippen LogP contribution in [0.15, 0.2) is 6.20 Å². The first-order chi connectivity index (χ1) is 40.1. The number of hydrogen-bond acceptors (Lipinski definition) is 7. The van der Waals surface area contributed by atoms with Gasteiger partial charge >= 0.3 is 0 Å². The van der Waals surface area contributed by atoms with Crippen LogP contribution in [0.5, 0.6) is 0 Å². The SMILES string of the molecule is C.C.C.C.C.CC1NC(C)C(C)C(C)C1C.Cc1c(C)c(C)c2c(C)c[nH]c2c1C.Cc1nc(C)c(C)c(C)n1.Cc1nc(C)n(C)c1C.Cc1nc2c(C)c(C)c(C)c(C)c2c(C)c1C.Cc1nc2c(C)c(C)c(C)c(C)c2c(C)c1C.Cc1nn(C)c(C)c1C. The molecule has 4 atom stereocenters. The molecule has 1 saturated heterocycles. The fourth-order valence-electron chi connectivity index (χ4n) is 12.3. The summed E-state index contributed by atoms with van der Waals surface area (Å²) in [4.78, 5) is 25.7. The number of H-pyrrole nitrogens is 1. The second kappa shape index (κ2) is 35.7. The maximum absolute atomic E-state index is 4.80. The molecule has 0 aliphatic carbocycles. The molecule has 0 radical (unpaired) electrons. The summed E-state index contributed by atoms with van der Waals surface area (Å²) in [7, 11) is 4.00. The van der Waals surface area contributed by atoms with Crippen LogP contribution in [0, 0.1) is 219 Å². The third-order valence-corrected chi connectivity index (χ3v) is 21.6. The van der Waals surface area contributed by atoms with Crippen molar-refractivity contribution < 1.29 is 0 Å². The van der Waals surface area contributed by atoms with Gasteiger partial charge in [0.25, 0.3) is 0 Å². The number of fused-ring (bicyclic) bond motifs is 3. The minimum absolute atomic E-state index is 0. The lowest BCUT2D eigenvalue weighted by atomic mass is 9.74. The molecule has 514 valence electrons. The summed E-state index contributed by atoms with van der Waals surface area (Å²) < 4.78 is 4.00. The van der Waals surface area contributed by atoms with Crippen molar-refractivity contribution in [2.75, 3.05) is 0 Å². The summed E-state index contributed by atoms with van der Waals surface area (Å²) in [5, 5.41) is 12.0. The molecule has 7 heterocycles. The average molecular weight is 1260 g/mol. The molecule has 10 rings (SSSR count). The van der Waals surface area contributed by atoms with E-state index in [0.717, 1.165) is 63.6 Å². The predicted molar refractivity (Wildman–Crippen MR) is 411 cm³/mol. The van der Waals surface area contributed by atoms with E-state index in [2.05, 4.69) is 228 Å². The maximum atomic E-state index is 4.80. The Kier molecular flexibility index (Phi) is 33.9. The first kappa shape index (κ1) is 87.5. The summed E-state index contributed by atoms with van der Waals surface area (Å²) in [5.41, 5.74) is 38.9. The number of rotatable bonds is 0. The molecule has 0 saturated carbocycles. The van der Waals surface area contributed by atoms with Gasteiger partial charge in [-0.2, -0.15) is 5.10 Å². The van der Waals surface area contributed by atoms with Crippen LogP contribution in [-0.4, -0.2) is 56.3 Å². The Morgan fingerprint density at radius 3 is 0.957 bits per heavy atom. The smallest absolute Gasteiger partial charge is 0.125 e. The predicted octanol–water partition coefficient (Wildman–Crippen LogP) is 22.4. The Balaban J connectivity index is 0. The average Bonchev–Trinajstić information content (AvgIpc) is 1.01. The third-order valence-electron chi connectivity index (χ3n) is 21.6. The van der Waals surface area contributed by atoms with E-state index < -0.39 is 0 Å². The van der Waals surface area contributed by atoms with Gasteiger partial charge in [0.1, 0.15) is 11.6 Å². The molecule has 0 amide bonds. The van der Waals surface area contributed by atoms with Crippen molar-refractivity contribution in [3.8, 4) is 0 Å². The number of benzene rings is 3. The highest BCUT2D eigenvalue weighted by molar-refractivity contribution is 5.93. The van der Waals surface area contributed by atoms with E-state index in [-0.39, 0.29) is 37.1 Å². The standard InChI is InChI=1S/2C16H21N.C13H17N.C10H21N.C8H12N2.2C7H12N2.5CH4/c2*1-8-9(2)13(6)16-15(11(8)4)12(5)10(3)14(7)17-16;1-7-6-14-13-11(5)9(3)8(2)10(4)12(7)13;1-6-7(2)9(4)11-10(5)8(6)3;1-5-6(2)9-8(4)10-7(5)3;1-5-6(2)9(4)7(3)8-5;1-5-6(2)8-9(4)7(5)3;;;;;/h2*1-7H3;6,14H,1-5H3;6-11H,1-5H3;1-4H3;2*1-4H3;5*1H4. The summed E-state index contributed by atoms with van der Waals surface area (Å²) in [5.74, 6) is 4.45. The third kappa shape index (κ3) is 18.7. The molecule has 2 N–H and O–H groups in total. The van der Waals surface area contributed by atoms with Crippen molar-refractivity contribution in [3.05, 3.63) is 169 Å². The summed E-state index contributed by atoms with van der Waals surface area (Å²) in [6, 6.07) is 1.38. The summed E-state index contributed by atoms with van der Waals surface area (Å²) in [6.45, 7) is 73.6. The monoisotopic (exact) mass is 1260 g/mol. The van der Waals surface area contributed by atoms with Crippen molar-refractivity contribution in [2.45, 2.75) is 285 Å². The number of aromatic nitrogens is 9. The maximum Gasteiger partial charge on any atom is 0.125 e. The zero-order chi connectivity index (χ0) is 66.6. The lowest BCUT2D eigenvalue weighted by Gasteiger charge is -2.42. The van der Waals surface area contributed by atoms with Gasteiger partial charge in [0.05, 0.1) is 22.4 Å². The van der Waals surface area contributed by atoms with Crippen LogP contribution in [0.3, 0.4) is 0 Å². The van der Waals surface area contributed by atoms with Crippen LogP contribution >= 0.6 is 0 Å². The molecule has 92 heavy (non-hydrogen) atoms. The minimum Gasteiger partial charge on any atom is -0.361 e. The number of nitrogens with one attached hydrogen (secondary N) is 2. The van der Waals surface area contributed by atoms with Crippen LogP contribution in [-0.2, 0) is 14.1 Å². The Morgan fingerprint density at radius 2 is 0.652 bits per heavy atom. The van der Waals surface area contributed by atoms with Crippen molar-refractivity contribution in [2.24, 2.45) is 31.8 Å². The van der Waals surface area contributed by atoms with E-state index >= 15 is 0 Å². The molecule has 1 aliphatic rings. The number of aromatic amines is 1. The largest absolute Gasteiger partial charge is 0.361 e. The van der Waals surface area contributed by atoms with E-state index in [1.54, 1.807) is 0 Å². The van der Waals surface area contributed by atoms with Crippen LogP contribution < -0.4 is 5.32 Å². The molecule has 0 bridgehead atoms. The highest BCUT2D eigenvalue weighted by Crippen LogP contribution is 2.35. The van der Waals surface area contributed by atoms with Crippen LogP contribution in [0.2, 0.25) is 0 Å². The van der Waals surface area contributed by atoms with E-state index in [1.165, 1.54) is 150 Å². The van der Waals surface area contributed by atoms with Gasteiger partial charge in [-0.15, -0.1) is 0 Å². The molecule has 3 aromatic carbocycles. The van der Waals surface area contributed by atoms with Gasteiger partial charge in [-0.1, -0.05) is 57.9 Å². The minimum atomic E-state index is 0. The van der Waals surface area contributed by atoms with Crippen LogP contribution in [0.1, 0.15) is 235 Å². The number of imidazole rings is 1. The zero-order valence-corrected chi connectivity index (χ0v) is 61.5. The first-order valence-corrected chi connectivity index (χ1v) is 31.8. The first-order valence-electron chi connectivity index (χ1n) is 31.8. The second-order valence-electron chi connectivity index (χ2n) is 26.3. The van der Waals surface area contributed by atoms with Crippen LogP contribution in [0.4, 0.5) is 0 Å². The van der Waals surface area contributed by atoms with Crippen molar-refractivity contribution in [1.82, 2.24) is 49.6 Å². The van der Waals surface area contributed by atoms with Gasteiger partial charge in [0, 0.05) is 88.2 Å². The van der Waals surface area contributed by atoms with Crippen molar-refractivity contribution >= 4 is 32.7 Å². The highest BCUT2D eigenvalue weighted by Gasteiger charge is 2.33. The fourth-order valence-corrected chi connectivity index (χ4v) is 12.3. The van der Waals surface area contributed by atoms with E-state index in [4.69, 9.17) is 9.97 Å². The van der Waals surface area contributed by atoms with Gasteiger partial charge in [-0.3, -0.25) is 14.6 Å². The number of pyridine rings is 2. The molecule has 6 aromatic heterocycles. The molecule has 4 unspecified atom stereocenters. The number of hydrogen-bond donors (Lipinski definition) is 2. The van der Waals surface area contributed by atoms with Crippen molar-refractivity contribution in [3.63, 3.8) is 0 Å².